The molecule has 0 fully saturated rings. The van der Waals surface area contributed by atoms with Gasteiger partial charge in [0.15, 0.2) is 6.61 Å². The Morgan fingerprint density at radius 2 is 1.52 bits per heavy atom. The van der Waals surface area contributed by atoms with Gasteiger partial charge in [0.1, 0.15) is 6.61 Å². The minimum absolute atomic E-state index is 0.0596. The van der Waals surface area contributed by atoms with E-state index in [-0.39, 0.29) is 12.6 Å². The Kier molecular flexibility index (Phi) is 7.45. The molecule has 0 radical (unpaired) electrons. The van der Waals surface area contributed by atoms with E-state index in [0.29, 0.717) is 19.6 Å². The Balaban J connectivity index is 4.59. The van der Waals surface area contributed by atoms with E-state index in [2.05, 4.69) is 5.92 Å². The first-order valence-electron chi connectivity index (χ1n) is 6.95. The van der Waals surface area contributed by atoms with E-state index < -0.39 is 16.8 Å². The molecule has 5 heteroatoms. The SMILES string of the molecule is C#CCOC(=O)C(C)(C)CC(C)(C)C(=O)OCCN(C)C. The maximum absolute atomic E-state index is 12.1. The number of esters is 2. The van der Waals surface area contributed by atoms with Crippen LogP contribution in [0.4, 0.5) is 0 Å². The van der Waals surface area contributed by atoms with Gasteiger partial charge in [-0.2, -0.15) is 0 Å². The van der Waals surface area contributed by atoms with Crippen molar-refractivity contribution in [3.05, 3.63) is 0 Å². The summed E-state index contributed by atoms with van der Waals surface area (Å²) in [7, 11) is 3.81. The Morgan fingerprint density at radius 1 is 1.05 bits per heavy atom. The fourth-order valence-corrected chi connectivity index (χ4v) is 2.07. The lowest BCUT2D eigenvalue weighted by molar-refractivity contribution is -0.161. The summed E-state index contributed by atoms with van der Waals surface area (Å²) in [6.07, 6.45) is 5.39. The molecule has 0 atom stereocenters. The second kappa shape index (κ2) is 8.04. The first-order valence-corrected chi connectivity index (χ1v) is 6.95. The van der Waals surface area contributed by atoms with Gasteiger partial charge in [-0.15, -0.1) is 6.42 Å². The molecule has 0 saturated carbocycles. The van der Waals surface area contributed by atoms with Crippen LogP contribution in [0, 0.1) is 23.2 Å². The van der Waals surface area contributed by atoms with Gasteiger partial charge in [-0.05, 0) is 48.2 Å². The van der Waals surface area contributed by atoms with Crippen LogP contribution in [0.5, 0.6) is 0 Å². The van der Waals surface area contributed by atoms with Crippen molar-refractivity contribution in [1.29, 1.82) is 0 Å². The first kappa shape index (κ1) is 19.5. The molecule has 0 aliphatic rings. The maximum Gasteiger partial charge on any atom is 0.312 e. The number of terminal acetylenes is 1. The highest BCUT2D eigenvalue weighted by molar-refractivity contribution is 5.80. The van der Waals surface area contributed by atoms with Crippen LogP contribution in [0.1, 0.15) is 34.1 Å². The quantitative estimate of drug-likeness (QED) is 0.504. The fraction of sp³-hybridized carbons (Fsp3) is 0.750. The van der Waals surface area contributed by atoms with Crippen LogP contribution in [0.2, 0.25) is 0 Å². The monoisotopic (exact) mass is 297 g/mol. The zero-order chi connectivity index (χ0) is 16.7. The highest BCUT2D eigenvalue weighted by atomic mass is 16.5. The summed E-state index contributed by atoms with van der Waals surface area (Å²) in [4.78, 5) is 26.0. The van der Waals surface area contributed by atoms with Crippen molar-refractivity contribution in [2.45, 2.75) is 34.1 Å². The van der Waals surface area contributed by atoms with Crippen molar-refractivity contribution in [1.82, 2.24) is 4.90 Å². The molecule has 0 saturated heterocycles. The van der Waals surface area contributed by atoms with E-state index in [4.69, 9.17) is 15.9 Å². The smallest absolute Gasteiger partial charge is 0.312 e. The Bertz CT molecular complexity index is 405. The largest absolute Gasteiger partial charge is 0.464 e. The van der Waals surface area contributed by atoms with E-state index in [1.165, 1.54) is 0 Å². The topological polar surface area (TPSA) is 55.8 Å². The number of carbonyl (C=O) groups is 2. The summed E-state index contributed by atoms with van der Waals surface area (Å²) in [5.41, 5.74) is -1.58. The molecule has 0 aliphatic carbocycles. The zero-order valence-electron chi connectivity index (χ0n) is 14.0. The molecule has 0 amide bonds. The van der Waals surface area contributed by atoms with E-state index in [1.807, 2.05) is 19.0 Å². The van der Waals surface area contributed by atoms with Crippen molar-refractivity contribution in [3.63, 3.8) is 0 Å². The lowest BCUT2D eigenvalue weighted by Gasteiger charge is -2.31. The van der Waals surface area contributed by atoms with E-state index in [0.717, 1.165) is 0 Å². The van der Waals surface area contributed by atoms with Crippen LogP contribution in [0.15, 0.2) is 0 Å². The minimum atomic E-state index is -0.805. The predicted octanol–water partition coefficient (Wildman–Crippen LogP) is 1.71. The zero-order valence-corrected chi connectivity index (χ0v) is 14.0. The van der Waals surface area contributed by atoms with Gasteiger partial charge in [-0.3, -0.25) is 9.59 Å². The van der Waals surface area contributed by atoms with Crippen LogP contribution in [0.25, 0.3) is 0 Å². The Morgan fingerprint density at radius 3 is 1.95 bits per heavy atom. The molecule has 0 spiro atoms. The average Bonchev–Trinajstić information content (AvgIpc) is 2.33. The summed E-state index contributed by atoms with van der Waals surface area (Å²) in [5.74, 6) is 1.53. The molecule has 0 aromatic carbocycles. The lowest BCUT2D eigenvalue weighted by Crippen LogP contribution is -2.37. The molecule has 0 N–H and O–H groups in total. The minimum Gasteiger partial charge on any atom is -0.464 e. The third-order valence-electron chi connectivity index (χ3n) is 3.05. The molecule has 0 bridgehead atoms. The summed E-state index contributed by atoms with van der Waals surface area (Å²) < 4.78 is 10.2. The molecule has 0 rings (SSSR count). The van der Waals surface area contributed by atoms with Gasteiger partial charge in [0, 0.05) is 6.54 Å². The number of rotatable bonds is 8. The highest BCUT2D eigenvalue weighted by Gasteiger charge is 2.40. The second-order valence-electron chi connectivity index (χ2n) is 6.66. The lowest BCUT2D eigenvalue weighted by atomic mass is 9.75. The summed E-state index contributed by atoms with van der Waals surface area (Å²) in [6.45, 7) is 7.94. The highest BCUT2D eigenvalue weighted by Crippen LogP contribution is 2.35. The van der Waals surface area contributed by atoms with Gasteiger partial charge in [-0.25, -0.2) is 0 Å². The third kappa shape index (κ3) is 7.14. The van der Waals surface area contributed by atoms with Crippen molar-refractivity contribution in [3.8, 4) is 12.3 Å². The normalized spacial score (nSPS) is 11.9. The van der Waals surface area contributed by atoms with Gasteiger partial charge >= 0.3 is 11.9 Å². The Labute approximate surface area is 128 Å². The molecule has 0 unspecified atom stereocenters. The number of likely N-dealkylation sites (N-methyl/N-ethyl adjacent to an activating group) is 1. The molecule has 5 nitrogen and oxygen atoms in total. The molecule has 0 heterocycles. The van der Waals surface area contributed by atoms with Gasteiger partial charge in [-0.1, -0.05) is 5.92 Å². The second-order valence-corrected chi connectivity index (χ2v) is 6.66. The predicted molar refractivity (Wildman–Crippen MR) is 81.5 cm³/mol. The van der Waals surface area contributed by atoms with E-state index >= 15 is 0 Å². The number of ether oxygens (including phenoxy) is 2. The number of hydrogen-bond acceptors (Lipinski definition) is 5. The van der Waals surface area contributed by atoms with Gasteiger partial charge in [0.25, 0.3) is 0 Å². The number of carbonyl (C=O) groups excluding carboxylic acids is 2. The van der Waals surface area contributed by atoms with Crippen LogP contribution in [0.3, 0.4) is 0 Å². The van der Waals surface area contributed by atoms with Crippen LogP contribution < -0.4 is 0 Å². The summed E-state index contributed by atoms with van der Waals surface area (Å²) in [5, 5.41) is 0. The van der Waals surface area contributed by atoms with Crippen molar-refractivity contribution < 1.29 is 19.1 Å². The molecular weight excluding hydrogens is 270 g/mol. The molecule has 0 aromatic rings. The number of hydrogen-bond donors (Lipinski definition) is 0. The molecular formula is C16H27NO4. The maximum atomic E-state index is 12.1. The van der Waals surface area contributed by atoms with Gasteiger partial charge in [0.2, 0.25) is 0 Å². The molecule has 120 valence electrons. The summed E-state index contributed by atoms with van der Waals surface area (Å²) in [6, 6.07) is 0. The van der Waals surface area contributed by atoms with E-state index in [1.54, 1.807) is 27.7 Å². The average molecular weight is 297 g/mol. The van der Waals surface area contributed by atoms with E-state index in [9.17, 15) is 9.59 Å². The van der Waals surface area contributed by atoms with Crippen LogP contribution in [-0.4, -0.2) is 50.7 Å². The molecule has 21 heavy (non-hydrogen) atoms. The molecule has 0 aromatic heterocycles. The van der Waals surface area contributed by atoms with Crippen LogP contribution in [-0.2, 0) is 19.1 Å². The Hall–Kier alpha value is -1.54. The van der Waals surface area contributed by atoms with Crippen molar-refractivity contribution in [2.75, 3.05) is 33.9 Å². The van der Waals surface area contributed by atoms with Crippen LogP contribution >= 0.6 is 0 Å². The van der Waals surface area contributed by atoms with Crippen molar-refractivity contribution in [2.24, 2.45) is 10.8 Å². The number of nitrogens with zero attached hydrogens (tertiary/aromatic N) is 1. The summed E-state index contributed by atoms with van der Waals surface area (Å²) >= 11 is 0. The van der Waals surface area contributed by atoms with Crippen molar-refractivity contribution >= 4 is 11.9 Å². The third-order valence-corrected chi connectivity index (χ3v) is 3.05. The molecule has 0 aliphatic heterocycles. The standard InChI is InChI=1S/C16H27NO4/c1-8-10-20-13(18)15(2,3)12-16(4,5)14(19)21-11-9-17(6)7/h1H,9-12H2,2-7H3. The fourth-order valence-electron chi connectivity index (χ4n) is 2.07. The first-order chi connectivity index (χ1) is 9.53. The van der Waals surface area contributed by atoms with Gasteiger partial charge in [0.05, 0.1) is 10.8 Å². The van der Waals surface area contributed by atoms with Gasteiger partial charge < -0.3 is 14.4 Å².